The number of nitrogens with one attached hydrogen (secondary N) is 1. The number of alkyl carbamates (subject to hydrolysis) is 1. The van der Waals surface area contributed by atoms with Crippen LogP contribution in [0.15, 0.2) is 23.1 Å². The van der Waals surface area contributed by atoms with E-state index >= 15 is 0 Å². The molecule has 10 nitrogen and oxygen atoms in total. The predicted molar refractivity (Wildman–Crippen MR) is 128 cm³/mol. The topological polar surface area (TPSA) is 135 Å². The fourth-order valence-corrected chi connectivity index (χ4v) is 5.39. The Kier molecular flexibility index (Phi) is 10.1. The SMILES string of the molecule is COCCC(Cc1cc(S(=O)(=O)N2CCC(NC(=O)OC(C)(C)C)CC2)ccc1C#N)C(=O)OC. The number of rotatable bonds is 9. The standard InChI is InChI=1S/C24H35N3O7S/c1-24(2,3)34-23(29)26-20-8-11-27(12-9-20)35(30,31)21-7-6-18(16-25)19(15-21)14-17(10-13-32-4)22(28)33-5/h6-7,15,17,20H,8-14H2,1-5H3,(H,26,29). The Morgan fingerprint density at radius 1 is 1.23 bits per heavy atom. The molecule has 0 aromatic heterocycles. The number of methoxy groups -OCH3 is 2. The second-order valence-electron chi connectivity index (χ2n) is 9.46. The summed E-state index contributed by atoms with van der Waals surface area (Å²) in [6.45, 7) is 6.12. The molecule has 0 radical (unpaired) electrons. The summed E-state index contributed by atoms with van der Waals surface area (Å²) >= 11 is 0. The van der Waals surface area contributed by atoms with Crippen LogP contribution in [0.4, 0.5) is 4.79 Å². The summed E-state index contributed by atoms with van der Waals surface area (Å²) in [5, 5.41) is 12.3. The van der Waals surface area contributed by atoms with Crippen LogP contribution in [0.1, 0.15) is 51.2 Å². The maximum absolute atomic E-state index is 13.3. The molecule has 0 aliphatic carbocycles. The van der Waals surface area contributed by atoms with Gasteiger partial charge in [-0.3, -0.25) is 4.79 Å². The summed E-state index contributed by atoms with van der Waals surface area (Å²) in [5.41, 5.74) is 0.148. The van der Waals surface area contributed by atoms with Crippen LogP contribution < -0.4 is 5.32 Å². The number of hydrogen-bond donors (Lipinski definition) is 1. The molecule has 1 saturated heterocycles. The first kappa shape index (κ1) is 28.6. The van der Waals surface area contributed by atoms with Crippen molar-refractivity contribution in [2.24, 2.45) is 5.92 Å². The molecule has 194 valence electrons. The number of nitrogens with zero attached hydrogens (tertiary/aromatic N) is 2. The zero-order valence-electron chi connectivity index (χ0n) is 21.0. The van der Waals surface area contributed by atoms with E-state index in [4.69, 9.17) is 14.2 Å². The molecule has 1 unspecified atom stereocenters. The molecular formula is C24H35N3O7S. The number of carbonyl (C=O) groups is 2. The number of ether oxygens (including phenoxy) is 3. The molecule has 1 aromatic carbocycles. The highest BCUT2D eigenvalue weighted by Crippen LogP contribution is 2.25. The third kappa shape index (κ3) is 8.19. The van der Waals surface area contributed by atoms with Crippen LogP contribution in [0.5, 0.6) is 0 Å². The second-order valence-corrected chi connectivity index (χ2v) is 11.4. The van der Waals surface area contributed by atoms with Gasteiger partial charge < -0.3 is 19.5 Å². The van der Waals surface area contributed by atoms with E-state index in [9.17, 15) is 23.3 Å². The molecule has 1 amide bonds. The van der Waals surface area contributed by atoms with Crippen LogP contribution in [0.3, 0.4) is 0 Å². The van der Waals surface area contributed by atoms with Crippen LogP contribution in [0, 0.1) is 17.2 Å². The number of sulfonamides is 1. The van der Waals surface area contributed by atoms with Crippen molar-refractivity contribution in [2.75, 3.05) is 33.9 Å². The normalized spacial score (nSPS) is 16.2. The van der Waals surface area contributed by atoms with Gasteiger partial charge in [0.2, 0.25) is 10.0 Å². The van der Waals surface area contributed by atoms with Crippen LogP contribution >= 0.6 is 0 Å². The van der Waals surface area contributed by atoms with Gasteiger partial charge >= 0.3 is 12.1 Å². The number of piperidine rings is 1. The minimum absolute atomic E-state index is 0.0559. The molecule has 11 heteroatoms. The van der Waals surface area contributed by atoms with E-state index < -0.39 is 33.6 Å². The van der Waals surface area contributed by atoms with E-state index in [-0.39, 0.29) is 30.4 Å². The lowest BCUT2D eigenvalue weighted by Gasteiger charge is -2.32. The maximum atomic E-state index is 13.3. The highest BCUT2D eigenvalue weighted by atomic mass is 32.2. The molecule has 1 fully saturated rings. The van der Waals surface area contributed by atoms with Crippen LogP contribution in [-0.2, 0) is 35.4 Å². The lowest BCUT2D eigenvalue weighted by Crippen LogP contribution is -2.47. The summed E-state index contributed by atoms with van der Waals surface area (Å²) < 4.78 is 43.2. The molecule has 1 atom stereocenters. The minimum atomic E-state index is -3.83. The largest absolute Gasteiger partial charge is 0.469 e. The quantitative estimate of drug-likeness (QED) is 0.502. The molecule has 35 heavy (non-hydrogen) atoms. The fourth-order valence-electron chi connectivity index (χ4n) is 3.87. The first-order chi connectivity index (χ1) is 16.4. The summed E-state index contributed by atoms with van der Waals surface area (Å²) in [4.78, 5) is 24.3. The van der Waals surface area contributed by atoms with Gasteiger partial charge in [-0.25, -0.2) is 13.2 Å². The van der Waals surface area contributed by atoms with Crippen molar-refractivity contribution in [3.05, 3.63) is 29.3 Å². The number of carbonyl (C=O) groups excluding carboxylic acids is 2. The van der Waals surface area contributed by atoms with E-state index in [2.05, 4.69) is 11.4 Å². The highest BCUT2D eigenvalue weighted by Gasteiger charge is 2.31. The van der Waals surface area contributed by atoms with Gasteiger partial charge in [0.05, 0.1) is 29.6 Å². The van der Waals surface area contributed by atoms with Gasteiger partial charge in [0, 0.05) is 32.8 Å². The minimum Gasteiger partial charge on any atom is -0.469 e. The number of esters is 1. The summed E-state index contributed by atoms with van der Waals surface area (Å²) in [5.74, 6) is -1.02. The van der Waals surface area contributed by atoms with Crippen LogP contribution in [0.2, 0.25) is 0 Å². The van der Waals surface area contributed by atoms with Gasteiger partial charge in [-0.05, 0) is 70.2 Å². The monoisotopic (exact) mass is 509 g/mol. The Morgan fingerprint density at radius 3 is 2.43 bits per heavy atom. The molecule has 1 aliphatic heterocycles. The van der Waals surface area contributed by atoms with E-state index in [1.165, 1.54) is 36.7 Å². The Labute approximate surface area is 207 Å². The lowest BCUT2D eigenvalue weighted by atomic mass is 9.94. The average Bonchev–Trinajstić information content (AvgIpc) is 2.80. The van der Waals surface area contributed by atoms with Crippen molar-refractivity contribution in [3.8, 4) is 6.07 Å². The van der Waals surface area contributed by atoms with Crippen molar-refractivity contribution >= 4 is 22.1 Å². The molecule has 0 saturated carbocycles. The number of hydrogen-bond acceptors (Lipinski definition) is 8. The summed E-state index contributed by atoms with van der Waals surface area (Å²) in [7, 11) is -1.02. The molecule has 1 N–H and O–H groups in total. The Balaban J connectivity index is 2.15. The second kappa shape index (κ2) is 12.3. The highest BCUT2D eigenvalue weighted by molar-refractivity contribution is 7.89. The maximum Gasteiger partial charge on any atom is 0.407 e. The average molecular weight is 510 g/mol. The number of nitriles is 1. The zero-order valence-corrected chi connectivity index (χ0v) is 21.8. The number of benzene rings is 1. The van der Waals surface area contributed by atoms with Crippen molar-refractivity contribution in [1.82, 2.24) is 9.62 Å². The summed E-state index contributed by atoms with van der Waals surface area (Å²) in [6.07, 6.45) is 0.906. The smallest absolute Gasteiger partial charge is 0.407 e. The van der Waals surface area contributed by atoms with Gasteiger partial charge in [0.1, 0.15) is 5.60 Å². The summed E-state index contributed by atoms with van der Waals surface area (Å²) in [6, 6.07) is 6.21. The predicted octanol–water partition coefficient (Wildman–Crippen LogP) is 2.60. The number of amides is 1. The fraction of sp³-hybridized carbons (Fsp3) is 0.625. The Hall–Kier alpha value is -2.68. The van der Waals surface area contributed by atoms with E-state index in [1.807, 2.05) is 0 Å². The van der Waals surface area contributed by atoms with Crippen molar-refractivity contribution in [3.63, 3.8) is 0 Å². The first-order valence-electron chi connectivity index (χ1n) is 11.5. The molecule has 0 bridgehead atoms. The third-order valence-electron chi connectivity index (χ3n) is 5.68. The van der Waals surface area contributed by atoms with Crippen molar-refractivity contribution < 1.29 is 32.2 Å². The van der Waals surface area contributed by atoms with E-state index in [0.717, 1.165) is 0 Å². The first-order valence-corrected chi connectivity index (χ1v) is 12.9. The van der Waals surface area contributed by atoms with Gasteiger partial charge in [-0.15, -0.1) is 0 Å². The molecule has 1 aliphatic rings. The van der Waals surface area contributed by atoms with Gasteiger partial charge in [0.15, 0.2) is 0 Å². The van der Waals surface area contributed by atoms with Gasteiger partial charge in [-0.2, -0.15) is 9.57 Å². The molecule has 1 aromatic rings. The van der Waals surface area contributed by atoms with Gasteiger partial charge in [0.25, 0.3) is 0 Å². The van der Waals surface area contributed by atoms with Crippen LogP contribution in [-0.4, -0.2) is 70.3 Å². The molecule has 1 heterocycles. The third-order valence-corrected chi connectivity index (χ3v) is 7.58. The van der Waals surface area contributed by atoms with Crippen molar-refractivity contribution in [1.29, 1.82) is 5.26 Å². The zero-order chi connectivity index (χ0) is 26.2. The molecular weight excluding hydrogens is 474 g/mol. The van der Waals surface area contributed by atoms with Gasteiger partial charge in [-0.1, -0.05) is 0 Å². The molecule has 0 spiro atoms. The lowest BCUT2D eigenvalue weighted by molar-refractivity contribution is -0.146. The Bertz CT molecular complexity index is 1040. The van der Waals surface area contributed by atoms with E-state index in [1.54, 1.807) is 20.8 Å². The Morgan fingerprint density at radius 2 is 1.89 bits per heavy atom. The van der Waals surface area contributed by atoms with E-state index in [0.29, 0.717) is 37.0 Å². The van der Waals surface area contributed by atoms with Crippen LogP contribution in [0.25, 0.3) is 0 Å². The molecule has 2 rings (SSSR count). The van der Waals surface area contributed by atoms with Crippen molar-refractivity contribution in [2.45, 2.75) is 63.0 Å².